The van der Waals surface area contributed by atoms with Gasteiger partial charge in [0.2, 0.25) is 0 Å². The van der Waals surface area contributed by atoms with Crippen LogP contribution < -0.4 is 10.6 Å². The first-order valence-electron chi connectivity index (χ1n) is 5.39. The maximum Gasteiger partial charge on any atom is 0.270 e. The molecule has 1 atom stereocenters. The summed E-state index contributed by atoms with van der Waals surface area (Å²) < 4.78 is 0.878. The number of halogens is 3. The Hall–Kier alpha value is -0.360. The predicted octanol–water partition coefficient (Wildman–Crippen LogP) is 2.17. The zero-order chi connectivity index (χ0) is 11.4. The monoisotopic (exact) mass is 355 g/mol. The van der Waals surface area contributed by atoms with Gasteiger partial charge < -0.3 is 10.6 Å². The summed E-state index contributed by atoms with van der Waals surface area (Å²) in [5.74, 6) is -0.0961. The molecule has 1 unspecified atom stereocenters. The molecule has 4 nitrogen and oxygen atoms in total. The first-order valence-corrected chi connectivity index (χ1v) is 6.18. The van der Waals surface area contributed by atoms with Crippen LogP contribution in [0.3, 0.4) is 0 Å². The smallest absolute Gasteiger partial charge is 0.270 e. The van der Waals surface area contributed by atoms with Gasteiger partial charge in [0.15, 0.2) is 0 Å². The lowest BCUT2D eigenvalue weighted by Gasteiger charge is -2.23. The van der Waals surface area contributed by atoms with Crippen molar-refractivity contribution in [3.05, 3.63) is 28.5 Å². The fourth-order valence-corrected chi connectivity index (χ4v) is 1.98. The number of piperidine rings is 1. The van der Waals surface area contributed by atoms with Gasteiger partial charge in [-0.2, -0.15) is 0 Å². The molecule has 1 aromatic heterocycles. The number of nitrogens with one attached hydrogen (secondary N) is 2. The number of pyridine rings is 1. The van der Waals surface area contributed by atoms with Crippen molar-refractivity contribution in [2.75, 3.05) is 13.1 Å². The molecule has 0 spiro atoms. The van der Waals surface area contributed by atoms with Crippen molar-refractivity contribution >= 4 is 46.7 Å². The molecule has 1 aromatic rings. The zero-order valence-corrected chi connectivity index (χ0v) is 12.9. The quantitative estimate of drug-likeness (QED) is 0.853. The molecule has 102 valence electrons. The van der Waals surface area contributed by atoms with Crippen LogP contribution in [0, 0.1) is 0 Å². The minimum atomic E-state index is -0.0961. The van der Waals surface area contributed by atoms with Gasteiger partial charge in [0.1, 0.15) is 5.69 Å². The highest BCUT2D eigenvalue weighted by molar-refractivity contribution is 9.10. The van der Waals surface area contributed by atoms with Gasteiger partial charge in [0.25, 0.3) is 5.91 Å². The molecule has 0 aliphatic carbocycles. The Bertz CT molecular complexity index is 369. The normalized spacial score (nSPS) is 18.2. The van der Waals surface area contributed by atoms with Crippen molar-refractivity contribution in [2.45, 2.75) is 18.9 Å². The molecule has 2 N–H and O–H groups in total. The number of nitrogens with zero attached hydrogens (tertiary/aromatic N) is 1. The van der Waals surface area contributed by atoms with Gasteiger partial charge in [0.05, 0.1) is 0 Å². The highest BCUT2D eigenvalue weighted by Crippen LogP contribution is 2.08. The van der Waals surface area contributed by atoms with Gasteiger partial charge in [-0.25, -0.2) is 4.98 Å². The number of rotatable bonds is 2. The van der Waals surface area contributed by atoms with Gasteiger partial charge in [-0.05, 0) is 47.4 Å². The number of hydrogen-bond donors (Lipinski definition) is 2. The Kier molecular flexibility index (Phi) is 8.52. The molecule has 1 amide bonds. The molecule has 1 aliphatic heterocycles. The SMILES string of the molecule is Cl.Cl.O=C(NC1CCCNC1)c1ccc(Br)cn1. The van der Waals surface area contributed by atoms with E-state index in [0.717, 1.165) is 30.4 Å². The van der Waals surface area contributed by atoms with Gasteiger partial charge in [0, 0.05) is 23.3 Å². The summed E-state index contributed by atoms with van der Waals surface area (Å²) in [6.07, 6.45) is 3.78. The Labute approximate surface area is 127 Å². The number of amides is 1. The fourth-order valence-electron chi connectivity index (χ4n) is 1.74. The van der Waals surface area contributed by atoms with E-state index in [0.29, 0.717) is 5.69 Å². The topological polar surface area (TPSA) is 54.0 Å². The summed E-state index contributed by atoms with van der Waals surface area (Å²) in [5, 5.41) is 6.23. The fraction of sp³-hybridized carbons (Fsp3) is 0.455. The maximum absolute atomic E-state index is 11.8. The molecule has 0 bridgehead atoms. The summed E-state index contributed by atoms with van der Waals surface area (Å²) in [7, 11) is 0. The third kappa shape index (κ3) is 5.10. The molecular formula is C11H16BrCl2N3O. The van der Waals surface area contributed by atoms with E-state index in [-0.39, 0.29) is 36.8 Å². The van der Waals surface area contributed by atoms with Gasteiger partial charge in [-0.15, -0.1) is 24.8 Å². The van der Waals surface area contributed by atoms with Crippen LogP contribution in [0.25, 0.3) is 0 Å². The average molecular weight is 357 g/mol. The number of carbonyl (C=O) groups excluding carboxylic acids is 1. The zero-order valence-electron chi connectivity index (χ0n) is 9.69. The predicted molar refractivity (Wildman–Crippen MR) is 79.8 cm³/mol. The van der Waals surface area contributed by atoms with Crippen molar-refractivity contribution in [2.24, 2.45) is 0 Å². The largest absolute Gasteiger partial charge is 0.347 e. The van der Waals surface area contributed by atoms with Gasteiger partial charge >= 0.3 is 0 Å². The highest BCUT2D eigenvalue weighted by atomic mass is 79.9. The number of hydrogen-bond acceptors (Lipinski definition) is 3. The van der Waals surface area contributed by atoms with E-state index in [1.165, 1.54) is 0 Å². The molecule has 1 saturated heterocycles. The van der Waals surface area contributed by atoms with E-state index in [1.54, 1.807) is 12.3 Å². The summed E-state index contributed by atoms with van der Waals surface area (Å²) in [5.41, 5.74) is 0.466. The lowest BCUT2D eigenvalue weighted by molar-refractivity contribution is 0.0925. The van der Waals surface area contributed by atoms with E-state index >= 15 is 0 Å². The second-order valence-electron chi connectivity index (χ2n) is 3.88. The summed E-state index contributed by atoms with van der Waals surface area (Å²) in [6, 6.07) is 3.77. The van der Waals surface area contributed by atoms with E-state index in [9.17, 15) is 4.79 Å². The third-order valence-electron chi connectivity index (χ3n) is 2.59. The van der Waals surface area contributed by atoms with Crippen LogP contribution in [-0.2, 0) is 0 Å². The Balaban J connectivity index is 0.00000144. The molecular weight excluding hydrogens is 341 g/mol. The molecule has 18 heavy (non-hydrogen) atoms. The van der Waals surface area contributed by atoms with Crippen molar-refractivity contribution in [3.63, 3.8) is 0 Å². The molecule has 0 aromatic carbocycles. The van der Waals surface area contributed by atoms with E-state index in [4.69, 9.17) is 0 Å². The van der Waals surface area contributed by atoms with Crippen molar-refractivity contribution < 1.29 is 4.79 Å². The summed E-state index contributed by atoms with van der Waals surface area (Å²) in [4.78, 5) is 15.9. The van der Waals surface area contributed by atoms with Crippen LogP contribution in [0.15, 0.2) is 22.8 Å². The molecule has 7 heteroatoms. The number of carbonyl (C=O) groups is 1. The molecule has 0 saturated carbocycles. The van der Waals surface area contributed by atoms with Crippen LogP contribution in [-0.4, -0.2) is 30.0 Å². The molecule has 2 rings (SSSR count). The Morgan fingerprint density at radius 2 is 2.22 bits per heavy atom. The molecule has 2 heterocycles. The van der Waals surface area contributed by atoms with E-state index in [1.807, 2.05) is 6.07 Å². The first kappa shape index (κ1) is 17.6. The molecule has 0 radical (unpaired) electrons. The lowest BCUT2D eigenvalue weighted by atomic mass is 10.1. The standard InChI is InChI=1S/C11H14BrN3O.2ClH/c12-8-3-4-10(14-6-8)11(16)15-9-2-1-5-13-7-9;;/h3-4,6,9,13H,1-2,5,7H2,(H,15,16);2*1H. The van der Waals surface area contributed by atoms with Crippen LogP contribution in [0.1, 0.15) is 23.3 Å². The van der Waals surface area contributed by atoms with E-state index < -0.39 is 0 Å². The van der Waals surface area contributed by atoms with Gasteiger partial charge in [-0.3, -0.25) is 4.79 Å². The highest BCUT2D eigenvalue weighted by Gasteiger charge is 2.16. The van der Waals surface area contributed by atoms with Gasteiger partial charge in [-0.1, -0.05) is 0 Å². The van der Waals surface area contributed by atoms with Crippen LogP contribution in [0.4, 0.5) is 0 Å². The van der Waals surface area contributed by atoms with Crippen molar-refractivity contribution in [3.8, 4) is 0 Å². The summed E-state index contributed by atoms with van der Waals surface area (Å²) in [6.45, 7) is 1.89. The third-order valence-corrected chi connectivity index (χ3v) is 3.06. The number of aromatic nitrogens is 1. The second kappa shape index (κ2) is 8.69. The van der Waals surface area contributed by atoms with Crippen LogP contribution in [0.2, 0.25) is 0 Å². The Morgan fingerprint density at radius 3 is 2.78 bits per heavy atom. The minimum Gasteiger partial charge on any atom is -0.347 e. The first-order chi connectivity index (χ1) is 7.75. The molecule has 1 aliphatic rings. The van der Waals surface area contributed by atoms with Crippen LogP contribution >= 0.6 is 40.7 Å². The minimum absolute atomic E-state index is 0. The van der Waals surface area contributed by atoms with Crippen molar-refractivity contribution in [1.29, 1.82) is 0 Å². The van der Waals surface area contributed by atoms with Crippen molar-refractivity contribution in [1.82, 2.24) is 15.6 Å². The lowest BCUT2D eigenvalue weighted by Crippen LogP contribution is -2.45. The van der Waals surface area contributed by atoms with E-state index in [2.05, 4.69) is 31.5 Å². The second-order valence-corrected chi connectivity index (χ2v) is 4.79. The maximum atomic E-state index is 11.8. The van der Waals surface area contributed by atoms with Crippen LogP contribution in [0.5, 0.6) is 0 Å². The average Bonchev–Trinajstić information content (AvgIpc) is 2.31. The summed E-state index contributed by atoms with van der Waals surface area (Å²) >= 11 is 3.29. The Morgan fingerprint density at radius 1 is 1.44 bits per heavy atom. The molecule has 1 fully saturated rings.